The van der Waals surface area contributed by atoms with Crippen LogP contribution in [-0.4, -0.2) is 42.8 Å². The van der Waals surface area contributed by atoms with Crippen molar-refractivity contribution in [1.29, 1.82) is 0 Å². The second-order valence-corrected chi connectivity index (χ2v) is 6.33. The van der Waals surface area contributed by atoms with Crippen molar-refractivity contribution in [3.63, 3.8) is 0 Å². The highest BCUT2D eigenvalue weighted by atomic mass is 32.2. The summed E-state index contributed by atoms with van der Waals surface area (Å²) in [5, 5.41) is 9.39. The van der Waals surface area contributed by atoms with E-state index in [9.17, 15) is 18.3 Å². The second kappa shape index (κ2) is 4.79. The Bertz CT molecular complexity index is 567. The highest BCUT2D eigenvalue weighted by molar-refractivity contribution is 7.89. The lowest BCUT2D eigenvalue weighted by atomic mass is 10.2. The lowest BCUT2D eigenvalue weighted by molar-refractivity contribution is 0.101. The molecule has 0 saturated carbocycles. The van der Waals surface area contributed by atoms with Crippen LogP contribution in [0.3, 0.4) is 0 Å². The highest BCUT2D eigenvalue weighted by Gasteiger charge is 2.31. The number of carbonyl (C=O) groups excluding carboxylic acids is 1. The number of rotatable bonds is 3. The molecule has 0 aromatic heterocycles. The molecule has 5 nitrogen and oxygen atoms in total. The maximum Gasteiger partial charge on any atom is 0.243 e. The number of sulfonamides is 1. The van der Waals surface area contributed by atoms with E-state index in [4.69, 9.17) is 0 Å². The smallest absolute Gasteiger partial charge is 0.243 e. The molecule has 6 heteroatoms. The van der Waals surface area contributed by atoms with Gasteiger partial charge in [-0.2, -0.15) is 4.31 Å². The predicted octanol–water partition coefficient (Wildman–Crippen LogP) is 0.645. The van der Waals surface area contributed by atoms with Gasteiger partial charge in [-0.3, -0.25) is 4.79 Å². The van der Waals surface area contributed by atoms with Crippen molar-refractivity contribution in [1.82, 2.24) is 4.31 Å². The van der Waals surface area contributed by atoms with Crippen molar-refractivity contribution in [3.05, 3.63) is 29.8 Å². The fourth-order valence-electron chi connectivity index (χ4n) is 1.95. The molecular weight excluding hydrogens is 254 g/mol. The first kappa shape index (κ1) is 13.2. The Morgan fingerprint density at radius 2 is 2.17 bits per heavy atom. The van der Waals surface area contributed by atoms with Crippen molar-refractivity contribution >= 4 is 15.8 Å². The molecule has 1 aliphatic heterocycles. The van der Waals surface area contributed by atoms with Crippen LogP contribution >= 0.6 is 0 Å². The molecule has 1 unspecified atom stereocenters. The molecule has 1 aromatic rings. The summed E-state index contributed by atoms with van der Waals surface area (Å²) in [5.74, 6) is -0.173. The molecule has 1 aromatic carbocycles. The van der Waals surface area contributed by atoms with E-state index in [-0.39, 0.29) is 17.2 Å². The number of β-amino-alcohol motifs (C(OH)–C–C–N with tert-alkyl or cyclic N) is 1. The van der Waals surface area contributed by atoms with Gasteiger partial charge in [-0.25, -0.2) is 8.42 Å². The highest BCUT2D eigenvalue weighted by Crippen LogP contribution is 2.21. The number of ketones is 1. The summed E-state index contributed by atoms with van der Waals surface area (Å²) in [6.45, 7) is 1.83. The summed E-state index contributed by atoms with van der Waals surface area (Å²) in [6, 6.07) is 5.98. The van der Waals surface area contributed by atoms with E-state index in [1.165, 1.54) is 23.4 Å². The van der Waals surface area contributed by atoms with Gasteiger partial charge in [-0.15, -0.1) is 0 Å². The molecule has 0 spiro atoms. The number of benzene rings is 1. The average Bonchev–Trinajstić information content (AvgIpc) is 2.77. The second-order valence-electron chi connectivity index (χ2n) is 4.39. The summed E-state index contributed by atoms with van der Waals surface area (Å²) < 4.78 is 25.8. The van der Waals surface area contributed by atoms with Crippen LogP contribution in [0.4, 0.5) is 0 Å². The molecule has 1 fully saturated rings. The summed E-state index contributed by atoms with van der Waals surface area (Å²) in [7, 11) is -3.61. The first-order chi connectivity index (χ1) is 8.41. The molecule has 0 aliphatic carbocycles. The summed E-state index contributed by atoms with van der Waals surface area (Å²) in [5.41, 5.74) is 0.371. The molecule has 1 saturated heterocycles. The largest absolute Gasteiger partial charge is 0.392 e. The minimum Gasteiger partial charge on any atom is -0.392 e. The summed E-state index contributed by atoms with van der Waals surface area (Å²) in [4.78, 5) is 11.4. The number of aliphatic hydroxyl groups is 1. The summed E-state index contributed by atoms with van der Waals surface area (Å²) in [6.07, 6.45) is -0.151. The third-order valence-electron chi connectivity index (χ3n) is 3.00. The van der Waals surface area contributed by atoms with Gasteiger partial charge < -0.3 is 5.11 Å². The Balaban J connectivity index is 2.35. The number of Topliss-reactive ketones (excluding diaryl/α,β-unsaturated/α-hetero) is 1. The molecule has 98 valence electrons. The lowest BCUT2D eigenvalue weighted by Crippen LogP contribution is -2.29. The normalized spacial score (nSPS) is 21.1. The maximum atomic E-state index is 12.3. The Kier molecular flexibility index (Phi) is 3.52. The van der Waals surface area contributed by atoms with Crippen LogP contribution in [0.25, 0.3) is 0 Å². The minimum atomic E-state index is -3.61. The number of nitrogens with zero attached hydrogens (tertiary/aromatic N) is 1. The van der Waals surface area contributed by atoms with E-state index in [0.717, 1.165) is 0 Å². The zero-order chi connectivity index (χ0) is 13.3. The fraction of sp³-hybridized carbons (Fsp3) is 0.417. The zero-order valence-electron chi connectivity index (χ0n) is 10.0. The van der Waals surface area contributed by atoms with Crippen LogP contribution < -0.4 is 0 Å². The van der Waals surface area contributed by atoms with E-state index < -0.39 is 16.1 Å². The van der Waals surface area contributed by atoms with Gasteiger partial charge in [0.1, 0.15) is 0 Å². The fourth-order valence-corrected chi connectivity index (χ4v) is 3.49. The van der Waals surface area contributed by atoms with Crippen LogP contribution in [0.2, 0.25) is 0 Å². The van der Waals surface area contributed by atoms with Crippen molar-refractivity contribution < 1.29 is 18.3 Å². The number of carbonyl (C=O) groups is 1. The van der Waals surface area contributed by atoms with E-state index >= 15 is 0 Å². The van der Waals surface area contributed by atoms with Crippen LogP contribution in [0, 0.1) is 0 Å². The van der Waals surface area contributed by atoms with Crippen LogP contribution in [-0.2, 0) is 10.0 Å². The average molecular weight is 269 g/mol. The van der Waals surface area contributed by atoms with Crippen LogP contribution in [0.15, 0.2) is 29.2 Å². The monoisotopic (exact) mass is 269 g/mol. The topological polar surface area (TPSA) is 74.7 Å². The first-order valence-corrected chi connectivity index (χ1v) is 7.14. The van der Waals surface area contributed by atoms with Crippen molar-refractivity contribution in [3.8, 4) is 0 Å². The standard InChI is InChI=1S/C12H15NO4S/c1-9(14)10-3-2-4-12(7-10)18(16,17)13-6-5-11(15)8-13/h2-4,7,11,15H,5-6,8H2,1H3. The van der Waals surface area contributed by atoms with E-state index in [1.54, 1.807) is 12.1 Å². The van der Waals surface area contributed by atoms with Crippen molar-refractivity contribution in [2.75, 3.05) is 13.1 Å². The molecule has 2 rings (SSSR count). The van der Waals surface area contributed by atoms with Gasteiger partial charge in [0.05, 0.1) is 11.0 Å². The lowest BCUT2D eigenvalue weighted by Gasteiger charge is -2.15. The Morgan fingerprint density at radius 1 is 1.44 bits per heavy atom. The number of hydrogen-bond donors (Lipinski definition) is 1. The van der Waals surface area contributed by atoms with E-state index in [1.807, 2.05) is 0 Å². The van der Waals surface area contributed by atoms with Gasteiger partial charge in [-0.05, 0) is 25.5 Å². The Labute approximate surface area is 106 Å². The Morgan fingerprint density at radius 3 is 2.72 bits per heavy atom. The third kappa shape index (κ3) is 2.45. The Hall–Kier alpha value is -1.24. The molecular formula is C12H15NO4S. The predicted molar refractivity (Wildman–Crippen MR) is 65.8 cm³/mol. The van der Waals surface area contributed by atoms with Crippen LogP contribution in [0.1, 0.15) is 23.7 Å². The third-order valence-corrected chi connectivity index (χ3v) is 4.87. The van der Waals surface area contributed by atoms with E-state index in [2.05, 4.69) is 0 Å². The van der Waals surface area contributed by atoms with Gasteiger partial charge in [0.15, 0.2) is 5.78 Å². The van der Waals surface area contributed by atoms with Gasteiger partial charge in [0.2, 0.25) is 10.0 Å². The van der Waals surface area contributed by atoms with Gasteiger partial charge in [0, 0.05) is 18.7 Å². The van der Waals surface area contributed by atoms with Crippen molar-refractivity contribution in [2.45, 2.75) is 24.3 Å². The quantitative estimate of drug-likeness (QED) is 0.817. The SMILES string of the molecule is CC(=O)c1cccc(S(=O)(=O)N2CCC(O)C2)c1. The minimum absolute atomic E-state index is 0.101. The van der Waals surface area contributed by atoms with Gasteiger partial charge >= 0.3 is 0 Å². The molecule has 0 radical (unpaired) electrons. The van der Waals surface area contributed by atoms with Gasteiger partial charge in [-0.1, -0.05) is 12.1 Å². The molecule has 1 atom stereocenters. The molecule has 0 bridgehead atoms. The van der Waals surface area contributed by atoms with Gasteiger partial charge in [0.25, 0.3) is 0 Å². The number of aliphatic hydroxyl groups excluding tert-OH is 1. The molecule has 0 amide bonds. The molecule has 1 N–H and O–H groups in total. The zero-order valence-corrected chi connectivity index (χ0v) is 10.9. The maximum absolute atomic E-state index is 12.3. The van der Waals surface area contributed by atoms with Crippen LogP contribution in [0.5, 0.6) is 0 Å². The summed E-state index contributed by atoms with van der Waals surface area (Å²) >= 11 is 0. The molecule has 1 aliphatic rings. The van der Waals surface area contributed by atoms with Crippen molar-refractivity contribution in [2.24, 2.45) is 0 Å². The van der Waals surface area contributed by atoms with E-state index in [0.29, 0.717) is 18.5 Å². The number of hydrogen-bond acceptors (Lipinski definition) is 4. The first-order valence-electron chi connectivity index (χ1n) is 5.70. The molecule has 1 heterocycles. The molecule has 18 heavy (non-hydrogen) atoms.